The lowest BCUT2D eigenvalue weighted by Crippen LogP contribution is -1.98. The third kappa shape index (κ3) is 2.43. The first-order chi connectivity index (χ1) is 7.72. The quantitative estimate of drug-likeness (QED) is 0.738. The SMILES string of the molecule is CC.CCc1cnc2ccn(C(C)C)c2c1. The maximum absolute atomic E-state index is 4.43. The lowest BCUT2D eigenvalue weighted by molar-refractivity contribution is 0.622. The maximum atomic E-state index is 4.43. The van der Waals surface area contributed by atoms with Crippen molar-refractivity contribution in [3.8, 4) is 0 Å². The van der Waals surface area contributed by atoms with E-state index in [1.165, 1.54) is 11.1 Å². The highest BCUT2D eigenvalue weighted by Gasteiger charge is 2.04. The van der Waals surface area contributed by atoms with Gasteiger partial charge in [0.05, 0.1) is 11.0 Å². The van der Waals surface area contributed by atoms with Crippen molar-refractivity contribution in [1.82, 2.24) is 9.55 Å². The lowest BCUT2D eigenvalue weighted by atomic mass is 10.2. The average molecular weight is 218 g/mol. The molecule has 0 bridgehead atoms. The fraction of sp³-hybridized carbons (Fsp3) is 0.500. The first kappa shape index (κ1) is 12.8. The molecule has 0 atom stereocenters. The van der Waals surface area contributed by atoms with Crippen LogP contribution >= 0.6 is 0 Å². The van der Waals surface area contributed by atoms with E-state index in [9.17, 15) is 0 Å². The van der Waals surface area contributed by atoms with Crippen molar-refractivity contribution in [1.29, 1.82) is 0 Å². The van der Waals surface area contributed by atoms with Crippen molar-refractivity contribution in [3.63, 3.8) is 0 Å². The molecule has 0 fully saturated rings. The summed E-state index contributed by atoms with van der Waals surface area (Å²) in [7, 11) is 0. The van der Waals surface area contributed by atoms with Crippen LogP contribution in [0.3, 0.4) is 0 Å². The van der Waals surface area contributed by atoms with Crippen LogP contribution in [0.15, 0.2) is 24.5 Å². The number of pyridine rings is 1. The molecule has 2 aromatic heterocycles. The zero-order valence-electron chi connectivity index (χ0n) is 11.0. The Hall–Kier alpha value is -1.31. The molecule has 0 saturated carbocycles. The summed E-state index contributed by atoms with van der Waals surface area (Å²) in [6.45, 7) is 10.5. The number of hydrogen-bond acceptors (Lipinski definition) is 1. The molecular formula is C14H22N2. The fourth-order valence-electron chi connectivity index (χ4n) is 1.72. The third-order valence-corrected chi connectivity index (χ3v) is 2.59. The molecule has 2 aromatic rings. The topological polar surface area (TPSA) is 17.8 Å². The zero-order chi connectivity index (χ0) is 12.1. The third-order valence-electron chi connectivity index (χ3n) is 2.59. The predicted octanol–water partition coefficient (Wildman–Crippen LogP) is 4.21. The molecule has 88 valence electrons. The van der Waals surface area contributed by atoms with E-state index >= 15 is 0 Å². The fourth-order valence-corrected chi connectivity index (χ4v) is 1.72. The summed E-state index contributed by atoms with van der Waals surface area (Å²) in [6, 6.07) is 4.82. The first-order valence-electron chi connectivity index (χ1n) is 6.18. The Kier molecular flexibility index (Phi) is 4.53. The molecule has 0 radical (unpaired) electrons. The molecular weight excluding hydrogens is 196 g/mol. The molecule has 2 heterocycles. The summed E-state index contributed by atoms with van der Waals surface area (Å²) >= 11 is 0. The minimum atomic E-state index is 0.501. The normalized spacial score (nSPS) is 10.4. The van der Waals surface area contributed by atoms with Crippen LogP contribution in [0.1, 0.15) is 46.2 Å². The summed E-state index contributed by atoms with van der Waals surface area (Å²) in [6.07, 6.45) is 5.13. The minimum Gasteiger partial charge on any atom is -0.344 e. The van der Waals surface area contributed by atoms with Gasteiger partial charge in [-0.3, -0.25) is 4.98 Å². The Labute approximate surface area is 98.3 Å². The van der Waals surface area contributed by atoms with E-state index in [4.69, 9.17) is 0 Å². The van der Waals surface area contributed by atoms with E-state index in [1.54, 1.807) is 0 Å². The largest absolute Gasteiger partial charge is 0.344 e. The van der Waals surface area contributed by atoms with Crippen LogP contribution in [-0.2, 0) is 6.42 Å². The van der Waals surface area contributed by atoms with E-state index < -0.39 is 0 Å². The van der Waals surface area contributed by atoms with Crippen molar-refractivity contribution in [3.05, 3.63) is 30.1 Å². The Bertz CT molecular complexity index is 441. The first-order valence-corrected chi connectivity index (χ1v) is 6.18. The Morgan fingerprint density at radius 1 is 1.31 bits per heavy atom. The summed E-state index contributed by atoms with van der Waals surface area (Å²) in [5.41, 5.74) is 3.65. The summed E-state index contributed by atoms with van der Waals surface area (Å²) < 4.78 is 2.27. The highest BCUT2D eigenvalue weighted by atomic mass is 15.0. The van der Waals surface area contributed by atoms with Gasteiger partial charge < -0.3 is 4.57 Å². The standard InChI is InChI=1S/C12H16N2.C2H6/c1-4-10-7-12-11(13-8-10)5-6-14(12)9(2)3;1-2/h5-9H,4H2,1-3H3;1-2H3. The second-order valence-electron chi connectivity index (χ2n) is 3.92. The number of rotatable bonds is 2. The maximum Gasteiger partial charge on any atom is 0.0881 e. The van der Waals surface area contributed by atoms with Gasteiger partial charge in [0.1, 0.15) is 0 Å². The molecule has 0 spiro atoms. The lowest BCUT2D eigenvalue weighted by Gasteiger charge is -2.09. The highest BCUT2D eigenvalue weighted by Crippen LogP contribution is 2.19. The molecule has 2 heteroatoms. The second-order valence-corrected chi connectivity index (χ2v) is 3.92. The van der Waals surface area contributed by atoms with Crippen molar-refractivity contribution >= 4 is 11.0 Å². The monoisotopic (exact) mass is 218 g/mol. The van der Waals surface area contributed by atoms with E-state index in [-0.39, 0.29) is 0 Å². The minimum absolute atomic E-state index is 0.501. The van der Waals surface area contributed by atoms with E-state index in [2.05, 4.69) is 48.7 Å². The van der Waals surface area contributed by atoms with E-state index in [0.717, 1.165) is 11.9 Å². The van der Waals surface area contributed by atoms with Crippen molar-refractivity contribution in [2.75, 3.05) is 0 Å². The number of nitrogens with zero attached hydrogens (tertiary/aromatic N) is 2. The van der Waals surface area contributed by atoms with Crippen LogP contribution in [0.5, 0.6) is 0 Å². The molecule has 0 aliphatic carbocycles. The summed E-state index contributed by atoms with van der Waals surface area (Å²) in [5.74, 6) is 0. The average Bonchev–Trinajstić information content (AvgIpc) is 2.74. The van der Waals surface area contributed by atoms with Gasteiger partial charge in [0, 0.05) is 18.4 Å². The van der Waals surface area contributed by atoms with Gasteiger partial charge in [0.25, 0.3) is 0 Å². The summed E-state index contributed by atoms with van der Waals surface area (Å²) in [5, 5.41) is 0. The van der Waals surface area contributed by atoms with Crippen molar-refractivity contribution in [2.45, 2.75) is 47.1 Å². The number of aryl methyl sites for hydroxylation is 1. The van der Waals surface area contributed by atoms with E-state index in [0.29, 0.717) is 6.04 Å². The molecule has 0 aromatic carbocycles. The zero-order valence-corrected chi connectivity index (χ0v) is 11.0. The number of hydrogen-bond donors (Lipinski definition) is 0. The number of aromatic nitrogens is 2. The van der Waals surface area contributed by atoms with Gasteiger partial charge in [-0.2, -0.15) is 0 Å². The predicted molar refractivity (Wildman–Crippen MR) is 70.8 cm³/mol. The Morgan fingerprint density at radius 2 is 2.00 bits per heavy atom. The van der Waals surface area contributed by atoms with Gasteiger partial charge in [0.2, 0.25) is 0 Å². The van der Waals surface area contributed by atoms with Gasteiger partial charge in [-0.1, -0.05) is 20.8 Å². The van der Waals surface area contributed by atoms with Gasteiger partial charge in [-0.05, 0) is 38.0 Å². The van der Waals surface area contributed by atoms with Gasteiger partial charge >= 0.3 is 0 Å². The van der Waals surface area contributed by atoms with Gasteiger partial charge in [0.15, 0.2) is 0 Å². The molecule has 2 nitrogen and oxygen atoms in total. The molecule has 0 N–H and O–H groups in total. The number of fused-ring (bicyclic) bond motifs is 1. The van der Waals surface area contributed by atoms with Crippen LogP contribution in [0.2, 0.25) is 0 Å². The molecule has 16 heavy (non-hydrogen) atoms. The van der Waals surface area contributed by atoms with Crippen LogP contribution in [0.25, 0.3) is 11.0 Å². The van der Waals surface area contributed by atoms with E-state index in [1.807, 2.05) is 20.0 Å². The smallest absolute Gasteiger partial charge is 0.0881 e. The molecule has 0 unspecified atom stereocenters. The Balaban J connectivity index is 0.000000606. The van der Waals surface area contributed by atoms with Crippen LogP contribution in [0, 0.1) is 0 Å². The summed E-state index contributed by atoms with van der Waals surface area (Å²) in [4.78, 5) is 4.43. The van der Waals surface area contributed by atoms with Crippen molar-refractivity contribution < 1.29 is 0 Å². The highest BCUT2D eigenvalue weighted by molar-refractivity contribution is 5.76. The Morgan fingerprint density at radius 3 is 2.56 bits per heavy atom. The molecule has 0 saturated heterocycles. The molecule has 0 amide bonds. The molecule has 0 aliphatic heterocycles. The van der Waals surface area contributed by atoms with Gasteiger partial charge in [-0.15, -0.1) is 0 Å². The van der Waals surface area contributed by atoms with Crippen molar-refractivity contribution in [2.24, 2.45) is 0 Å². The van der Waals surface area contributed by atoms with Crippen LogP contribution < -0.4 is 0 Å². The van der Waals surface area contributed by atoms with Gasteiger partial charge in [-0.25, -0.2) is 0 Å². The molecule has 2 rings (SSSR count). The van der Waals surface area contributed by atoms with Crippen LogP contribution in [0.4, 0.5) is 0 Å². The molecule has 0 aliphatic rings. The second kappa shape index (κ2) is 5.69. The van der Waals surface area contributed by atoms with Crippen LogP contribution in [-0.4, -0.2) is 9.55 Å².